The molecule has 0 aliphatic heterocycles. The third-order valence-electron chi connectivity index (χ3n) is 6.72. The summed E-state index contributed by atoms with van der Waals surface area (Å²) in [5, 5.41) is 13.8. The van der Waals surface area contributed by atoms with Gasteiger partial charge in [-0.15, -0.1) is 0 Å². The second kappa shape index (κ2) is 8.61. The van der Waals surface area contributed by atoms with Crippen LogP contribution in [-0.2, 0) is 46.3 Å². The van der Waals surface area contributed by atoms with Crippen LogP contribution in [0.5, 0.6) is 0 Å². The molecular formula is C27H28N8. The van der Waals surface area contributed by atoms with E-state index in [0.29, 0.717) is 6.42 Å². The van der Waals surface area contributed by atoms with Gasteiger partial charge in [-0.3, -0.25) is 14.0 Å². The number of benzene rings is 1. The Labute approximate surface area is 204 Å². The normalized spacial score (nSPS) is 12.5. The van der Waals surface area contributed by atoms with Gasteiger partial charge in [0.15, 0.2) is 0 Å². The van der Waals surface area contributed by atoms with Crippen molar-refractivity contribution < 1.29 is 0 Å². The second-order valence-corrected chi connectivity index (χ2v) is 9.17. The van der Waals surface area contributed by atoms with E-state index in [9.17, 15) is 0 Å². The lowest BCUT2D eigenvalue weighted by Gasteiger charge is -2.16. The highest BCUT2D eigenvalue weighted by atomic mass is 15.3. The second-order valence-electron chi connectivity index (χ2n) is 9.17. The van der Waals surface area contributed by atoms with E-state index in [1.165, 1.54) is 27.9 Å². The molecule has 0 spiro atoms. The van der Waals surface area contributed by atoms with Gasteiger partial charge in [0, 0.05) is 56.8 Å². The monoisotopic (exact) mass is 464 g/mol. The van der Waals surface area contributed by atoms with Gasteiger partial charge in [-0.05, 0) is 42.5 Å². The zero-order valence-corrected chi connectivity index (χ0v) is 20.3. The molecule has 5 aromatic rings. The van der Waals surface area contributed by atoms with Crippen molar-refractivity contribution in [3.05, 3.63) is 89.2 Å². The maximum absolute atomic E-state index is 5.03. The van der Waals surface area contributed by atoms with Crippen LogP contribution in [0.3, 0.4) is 0 Å². The molecule has 4 heterocycles. The number of hydrogen-bond donors (Lipinski definition) is 0. The SMILES string of the molecule is CCn1cc(-c2cccc(Cc3c4c(nn3C)CCc3cnc(Cc5ccn(C)n5)nc3-4)c2)cn1. The quantitative estimate of drug-likeness (QED) is 0.382. The Morgan fingerprint density at radius 2 is 1.89 bits per heavy atom. The van der Waals surface area contributed by atoms with Gasteiger partial charge in [0.1, 0.15) is 5.82 Å². The average Bonchev–Trinajstić information content (AvgIpc) is 3.58. The predicted octanol–water partition coefficient (Wildman–Crippen LogP) is 3.77. The molecule has 8 nitrogen and oxygen atoms in total. The van der Waals surface area contributed by atoms with Crippen LogP contribution < -0.4 is 0 Å². The van der Waals surface area contributed by atoms with Crippen molar-refractivity contribution in [2.45, 2.75) is 39.2 Å². The lowest BCUT2D eigenvalue weighted by molar-refractivity contribution is 0.660. The van der Waals surface area contributed by atoms with Gasteiger partial charge in [-0.2, -0.15) is 15.3 Å². The minimum Gasteiger partial charge on any atom is -0.276 e. The third kappa shape index (κ3) is 4.05. The summed E-state index contributed by atoms with van der Waals surface area (Å²) in [7, 11) is 3.97. The van der Waals surface area contributed by atoms with Gasteiger partial charge in [0.25, 0.3) is 0 Å². The Bertz CT molecular complexity index is 1520. The van der Waals surface area contributed by atoms with Gasteiger partial charge >= 0.3 is 0 Å². The van der Waals surface area contributed by atoms with Crippen LogP contribution >= 0.6 is 0 Å². The average molecular weight is 465 g/mol. The van der Waals surface area contributed by atoms with Crippen LogP contribution in [0.15, 0.2) is 55.1 Å². The first-order chi connectivity index (χ1) is 17.1. The smallest absolute Gasteiger partial charge is 0.134 e. The summed E-state index contributed by atoms with van der Waals surface area (Å²) in [6.07, 6.45) is 11.2. The zero-order chi connectivity index (χ0) is 23.9. The molecular weight excluding hydrogens is 436 g/mol. The number of hydrogen-bond acceptors (Lipinski definition) is 5. The van der Waals surface area contributed by atoms with Gasteiger partial charge in [0.05, 0.1) is 35.4 Å². The van der Waals surface area contributed by atoms with Gasteiger partial charge in [-0.25, -0.2) is 9.97 Å². The molecule has 0 unspecified atom stereocenters. The molecule has 35 heavy (non-hydrogen) atoms. The molecule has 0 saturated heterocycles. The Hall–Kier alpha value is -4.07. The maximum atomic E-state index is 5.03. The number of aryl methyl sites for hydroxylation is 5. The van der Waals surface area contributed by atoms with E-state index in [4.69, 9.17) is 10.1 Å². The van der Waals surface area contributed by atoms with E-state index in [1.807, 2.05) is 52.8 Å². The Balaban J connectivity index is 1.35. The first kappa shape index (κ1) is 21.5. The van der Waals surface area contributed by atoms with Crippen molar-refractivity contribution in [3.63, 3.8) is 0 Å². The summed E-state index contributed by atoms with van der Waals surface area (Å²) < 4.78 is 5.80. The van der Waals surface area contributed by atoms with Crippen molar-refractivity contribution in [2.24, 2.45) is 14.1 Å². The minimum atomic E-state index is 0.618. The highest BCUT2D eigenvalue weighted by Gasteiger charge is 2.26. The molecule has 0 radical (unpaired) electrons. The van der Waals surface area contributed by atoms with Gasteiger partial charge < -0.3 is 0 Å². The Morgan fingerprint density at radius 3 is 2.69 bits per heavy atom. The molecule has 176 valence electrons. The van der Waals surface area contributed by atoms with E-state index in [-0.39, 0.29) is 0 Å². The molecule has 6 rings (SSSR count). The molecule has 0 amide bonds. The van der Waals surface area contributed by atoms with Crippen LogP contribution in [0.25, 0.3) is 22.4 Å². The fraction of sp³-hybridized carbons (Fsp3) is 0.296. The summed E-state index contributed by atoms with van der Waals surface area (Å²) in [6.45, 7) is 2.96. The van der Waals surface area contributed by atoms with Crippen molar-refractivity contribution in [1.82, 2.24) is 39.3 Å². The number of rotatable bonds is 6. The largest absolute Gasteiger partial charge is 0.276 e. The Kier molecular flexibility index (Phi) is 5.28. The van der Waals surface area contributed by atoms with Crippen molar-refractivity contribution in [2.75, 3.05) is 0 Å². The predicted molar refractivity (Wildman–Crippen MR) is 134 cm³/mol. The Morgan fingerprint density at radius 1 is 0.971 bits per heavy atom. The summed E-state index contributed by atoms with van der Waals surface area (Å²) in [4.78, 5) is 9.68. The fourth-order valence-corrected chi connectivity index (χ4v) is 4.91. The first-order valence-electron chi connectivity index (χ1n) is 12.1. The van der Waals surface area contributed by atoms with Crippen LogP contribution in [0.2, 0.25) is 0 Å². The highest BCUT2D eigenvalue weighted by molar-refractivity contribution is 5.71. The minimum absolute atomic E-state index is 0.618. The molecule has 8 heteroatoms. The van der Waals surface area contributed by atoms with Crippen molar-refractivity contribution in [1.29, 1.82) is 0 Å². The molecule has 0 atom stereocenters. The molecule has 0 fully saturated rings. The molecule has 1 aliphatic carbocycles. The maximum Gasteiger partial charge on any atom is 0.134 e. The topological polar surface area (TPSA) is 79.2 Å². The first-order valence-corrected chi connectivity index (χ1v) is 12.1. The number of fused-ring (bicyclic) bond motifs is 3. The standard InChI is InChI=1S/C27H28N8/c1-4-35-17-21(16-29-35)19-7-5-6-18(12-19)13-24-26-23(32-34(24)3)9-8-20-15-28-25(30-27(20)26)14-22-10-11-33(2)31-22/h5-7,10-12,15-17H,4,8-9,13-14H2,1-3H3. The lowest BCUT2D eigenvalue weighted by Crippen LogP contribution is -2.10. The van der Waals surface area contributed by atoms with Crippen LogP contribution in [0, 0.1) is 0 Å². The van der Waals surface area contributed by atoms with Crippen molar-refractivity contribution >= 4 is 0 Å². The number of nitrogens with zero attached hydrogens (tertiary/aromatic N) is 8. The van der Waals surface area contributed by atoms with Crippen LogP contribution in [0.4, 0.5) is 0 Å². The van der Waals surface area contributed by atoms with E-state index < -0.39 is 0 Å². The van der Waals surface area contributed by atoms with E-state index in [1.54, 1.807) is 0 Å². The highest BCUT2D eigenvalue weighted by Crippen LogP contribution is 2.35. The molecule has 1 aliphatic rings. The van der Waals surface area contributed by atoms with E-state index in [2.05, 4.69) is 52.6 Å². The molecule has 4 aromatic heterocycles. The number of aromatic nitrogens is 8. The molecule has 0 saturated carbocycles. The summed E-state index contributed by atoms with van der Waals surface area (Å²) in [6, 6.07) is 10.7. The van der Waals surface area contributed by atoms with Crippen molar-refractivity contribution in [3.8, 4) is 22.4 Å². The van der Waals surface area contributed by atoms with E-state index in [0.717, 1.165) is 54.3 Å². The van der Waals surface area contributed by atoms with Gasteiger partial charge in [-0.1, -0.05) is 24.3 Å². The molecule has 0 N–H and O–H groups in total. The zero-order valence-electron chi connectivity index (χ0n) is 20.3. The van der Waals surface area contributed by atoms with E-state index >= 15 is 0 Å². The summed E-state index contributed by atoms with van der Waals surface area (Å²) in [5.74, 6) is 0.792. The van der Waals surface area contributed by atoms with Crippen LogP contribution in [0.1, 0.15) is 41.0 Å². The van der Waals surface area contributed by atoms with Crippen LogP contribution in [-0.4, -0.2) is 39.3 Å². The summed E-state index contributed by atoms with van der Waals surface area (Å²) in [5.41, 5.74) is 10.2. The fourth-order valence-electron chi connectivity index (χ4n) is 4.91. The molecule has 0 bridgehead atoms. The summed E-state index contributed by atoms with van der Waals surface area (Å²) >= 11 is 0. The lowest BCUT2D eigenvalue weighted by atomic mass is 9.91. The van der Waals surface area contributed by atoms with Gasteiger partial charge in [0.2, 0.25) is 0 Å². The third-order valence-corrected chi connectivity index (χ3v) is 6.72. The molecule has 1 aromatic carbocycles.